The van der Waals surface area contributed by atoms with Gasteiger partial charge in [-0.1, -0.05) is 12.1 Å². The maximum atomic E-state index is 12.2. The van der Waals surface area contributed by atoms with Crippen molar-refractivity contribution in [2.24, 2.45) is 0 Å². The van der Waals surface area contributed by atoms with Crippen molar-refractivity contribution < 1.29 is 18.0 Å². The summed E-state index contributed by atoms with van der Waals surface area (Å²) >= 11 is 0. The lowest BCUT2D eigenvalue weighted by molar-refractivity contribution is -0.133. The number of nitrogens with zero attached hydrogens (tertiary/aromatic N) is 1. The van der Waals surface area contributed by atoms with Crippen LogP contribution in [0.5, 0.6) is 0 Å². The molecule has 2 rings (SSSR count). The minimum Gasteiger partial charge on any atom is -0.341 e. The summed E-state index contributed by atoms with van der Waals surface area (Å²) in [6.45, 7) is 2.60. The van der Waals surface area contributed by atoms with E-state index in [9.17, 15) is 18.0 Å². The average Bonchev–Trinajstić information content (AvgIpc) is 2.49. The number of hydrogen-bond donors (Lipinski definition) is 1. The van der Waals surface area contributed by atoms with E-state index in [0.717, 1.165) is 12.8 Å². The third-order valence-corrected chi connectivity index (χ3v) is 5.10. The lowest BCUT2D eigenvalue weighted by Crippen LogP contribution is -2.41. The lowest BCUT2D eigenvalue weighted by Gasteiger charge is -2.26. The number of rotatable bonds is 6. The highest BCUT2D eigenvalue weighted by atomic mass is 32.2. The molecule has 1 heterocycles. The Morgan fingerprint density at radius 1 is 1.32 bits per heavy atom. The molecule has 1 aromatic rings. The van der Waals surface area contributed by atoms with E-state index >= 15 is 0 Å². The van der Waals surface area contributed by atoms with Crippen LogP contribution in [0.3, 0.4) is 0 Å². The van der Waals surface area contributed by atoms with Gasteiger partial charge in [0, 0.05) is 31.6 Å². The Balaban J connectivity index is 1.97. The summed E-state index contributed by atoms with van der Waals surface area (Å²) in [7, 11) is -3.67. The summed E-state index contributed by atoms with van der Waals surface area (Å²) in [5, 5.41) is 0. The second-order valence-corrected chi connectivity index (χ2v) is 7.09. The van der Waals surface area contributed by atoms with E-state index in [-0.39, 0.29) is 23.1 Å². The van der Waals surface area contributed by atoms with Crippen molar-refractivity contribution in [3.63, 3.8) is 0 Å². The Labute approximate surface area is 130 Å². The zero-order valence-electron chi connectivity index (χ0n) is 12.5. The van der Waals surface area contributed by atoms with Crippen LogP contribution in [0.15, 0.2) is 29.2 Å². The summed E-state index contributed by atoms with van der Waals surface area (Å²) in [5.41, 5.74) is 0.356. The van der Waals surface area contributed by atoms with Gasteiger partial charge in [-0.3, -0.25) is 9.59 Å². The van der Waals surface area contributed by atoms with Crippen molar-refractivity contribution in [3.05, 3.63) is 29.8 Å². The molecule has 0 radical (unpaired) electrons. The van der Waals surface area contributed by atoms with Crippen molar-refractivity contribution >= 4 is 21.7 Å². The maximum absolute atomic E-state index is 12.2. The molecule has 22 heavy (non-hydrogen) atoms. The Morgan fingerprint density at radius 2 is 2.09 bits per heavy atom. The summed E-state index contributed by atoms with van der Waals surface area (Å²) in [6.07, 6.45) is 2.39. The Morgan fingerprint density at radius 3 is 2.77 bits per heavy atom. The number of likely N-dealkylation sites (tertiary alicyclic amines) is 1. The number of Topliss-reactive ketones (excluding diaryl/α,β-unsaturated/α-hetero) is 1. The van der Waals surface area contributed by atoms with Crippen LogP contribution in [0.25, 0.3) is 0 Å². The van der Waals surface area contributed by atoms with Crippen LogP contribution in [0.4, 0.5) is 0 Å². The molecular weight excluding hydrogens is 304 g/mol. The predicted molar refractivity (Wildman–Crippen MR) is 82.1 cm³/mol. The quantitative estimate of drug-likeness (QED) is 0.797. The lowest BCUT2D eigenvalue weighted by atomic mass is 10.1. The van der Waals surface area contributed by atoms with Crippen LogP contribution >= 0.6 is 0 Å². The fourth-order valence-electron chi connectivity index (χ4n) is 2.38. The van der Waals surface area contributed by atoms with Crippen molar-refractivity contribution in [2.75, 3.05) is 19.6 Å². The molecule has 0 atom stereocenters. The van der Waals surface area contributed by atoms with Gasteiger partial charge >= 0.3 is 0 Å². The molecule has 120 valence electrons. The van der Waals surface area contributed by atoms with Crippen LogP contribution in [-0.2, 0) is 14.8 Å². The minimum absolute atomic E-state index is 0.0603. The van der Waals surface area contributed by atoms with E-state index in [1.54, 1.807) is 17.0 Å². The molecule has 1 aliphatic rings. The summed E-state index contributed by atoms with van der Waals surface area (Å²) in [4.78, 5) is 24.7. The van der Waals surface area contributed by atoms with Crippen LogP contribution in [0, 0.1) is 0 Å². The van der Waals surface area contributed by atoms with Crippen molar-refractivity contribution in [3.8, 4) is 0 Å². The standard InChI is InChI=1S/C15H20N2O4S/c1-12(18)13-5-4-6-14(11-13)22(20,21)16-8-10-17-9-3-2-7-15(17)19/h4-6,11,16H,2-3,7-10H2,1H3. The SMILES string of the molecule is CC(=O)c1cccc(S(=O)(=O)NCCN2CCCCC2=O)c1. The van der Waals surface area contributed by atoms with Crippen LogP contribution in [0.2, 0.25) is 0 Å². The normalized spacial score (nSPS) is 15.9. The number of nitrogens with one attached hydrogen (secondary N) is 1. The fraction of sp³-hybridized carbons (Fsp3) is 0.467. The topological polar surface area (TPSA) is 83.6 Å². The Kier molecular flexibility index (Phi) is 5.31. The first-order valence-electron chi connectivity index (χ1n) is 7.28. The molecule has 1 fully saturated rings. The van der Waals surface area contributed by atoms with Gasteiger partial charge in [0.25, 0.3) is 0 Å². The molecule has 1 aromatic carbocycles. The molecule has 0 aromatic heterocycles. The maximum Gasteiger partial charge on any atom is 0.240 e. The summed E-state index contributed by atoms with van der Waals surface area (Å²) < 4.78 is 26.9. The molecule has 0 saturated carbocycles. The summed E-state index contributed by atoms with van der Waals surface area (Å²) in [6, 6.07) is 5.92. The number of carbonyl (C=O) groups is 2. The predicted octanol–water partition coefficient (Wildman–Crippen LogP) is 1.18. The van der Waals surface area contributed by atoms with E-state index in [4.69, 9.17) is 0 Å². The number of amides is 1. The van der Waals surface area contributed by atoms with Crippen LogP contribution < -0.4 is 4.72 Å². The van der Waals surface area contributed by atoms with E-state index in [0.29, 0.717) is 25.1 Å². The smallest absolute Gasteiger partial charge is 0.240 e. The van der Waals surface area contributed by atoms with E-state index in [1.807, 2.05) is 0 Å². The van der Waals surface area contributed by atoms with E-state index < -0.39 is 10.0 Å². The molecule has 1 N–H and O–H groups in total. The fourth-order valence-corrected chi connectivity index (χ4v) is 3.45. The number of carbonyl (C=O) groups excluding carboxylic acids is 2. The molecule has 7 heteroatoms. The van der Waals surface area contributed by atoms with Gasteiger partial charge in [0.15, 0.2) is 5.78 Å². The molecule has 1 saturated heterocycles. The summed E-state index contributed by atoms with van der Waals surface area (Å²) in [5.74, 6) is -0.111. The second kappa shape index (κ2) is 7.02. The number of benzene rings is 1. The van der Waals surface area contributed by atoms with Gasteiger partial charge in [-0.25, -0.2) is 13.1 Å². The second-order valence-electron chi connectivity index (χ2n) is 5.32. The van der Waals surface area contributed by atoms with Gasteiger partial charge in [0.2, 0.25) is 15.9 Å². The Bertz CT molecular complexity index is 670. The number of sulfonamides is 1. The van der Waals surface area contributed by atoms with Gasteiger partial charge in [-0.05, 0) is 31.9 Å². The van der Waals surface area contributed by atoms with E-state index in [2.05, 4.69) is 4.72 Å². The third kappa shape index (κ3) is 4.14. The van der Waals surface area contributed by atoms with Crippen molar-refractivity contribution in [1.82, 2.24) is 9.62 Å². The zero-order valence-corrected chi connectivity index (χ0v) is 13.4. The van der Waals surface area contributed by atoms with Crippen molar-refractivity contribution in [2.45, 2.75) is 31.1 Å². The van der Waals surface area contributed by atoms with Gasteiger partial charge in [-0.15, -0.1) is 0 Å². The number of hydrogen-bond acceptors (Lipinski definition) is 4. The minimum atomic E-state index is -3.67. The zero-order chi connectivity index (χ0) is 16.2. The van der Waals surface area contributed by atoms with Crippen LogP contribution in [0.1, 0.15) is 36.5 Å². The third-order valence-electron chi connectivity index (χ3n) is 3.65. The van der Waals surface area contributed by atoms with Crippen LogP contribution in [-0.4, -0.2) is 44.6 Å². The van der Waals surface area contributed by atoms with Gasteiger partial charge in [0.05, 0.1) is 4.90 Å². The van der Waals surface area contributed by atoms with Gasteiger partial charge < -0.3 is 4.90 Å². The Hall–Kier alpha value is -1.73. The molecule has 0 spiro atoms. The highest BCUT2D eigenvalue weighted by Gasteiger charge is 2.19. The molecule has 0 unspecified atom stereocenters. The highest BCUT2D eigenvalue weighted by Crippen LogP contribution is 2.13. The highest BCUT2D eigenvalue weighted by molar-refractivity contribution is 7.89. The monoisotopic (exact) mass is 324 g/mol. The molecule has 1 aliphatic heterocycles. The first-order chi connectivity index (χ1) is 10.4. The average molecular weight is 324 g/mol. The molecule has 6 nitrogen and oxygen atoms in total. The molecule has 0 bridgehead atoms. The molecular formula is C15H20N2O4S. The first-order valence-corrected chi connectivity index (χ1v) is 8.77. The van der Waals surface area contributed by atoms with Gasteiger partial charge in [0.1, 0.15) is 0 Å². The molecule has 0 aliphatic carbocycles. The largest absolute Gasteiger partial charge is 0.341 e. The van der Waals surface area contributed by atoms with Crippen molar-refractivity contribution in [1.29, 1.82) is 0 Å². The number of piperidine rings is 1. The molecule has 1 amide bonds. The van der Waals surface area contributed by atoms with Gasteiger partial charge in [-0.2, -0.15) is 0 Å². The first kappa shape index (κ1) is 16.6. The van der Waals surface area contributed by atoms with E-state index in [1.165, 1.54) is 19.1 Å². The number of ketones is 1.